The van der Waals surface area contributed by atoms with E-state index in [1.54, 1.807) is 12.1 Å². The zero-order chi connectivity index (χ0) is 13.0. The molecule has 0 aromatic heterocycles. The predicted octanol–water partition coefficient (Wildman–Crippen LogP) is 1.62. The Labute approximate surface area is 106 Å². The van der Waals surface area contributed by atoms with Crippen molar-refractivity contribution in [3.8, 4) is 0 Å². The number of hydrogen-bond acceptors (Lipinski definition) is 3. The Balaban J connectivity index is 2.24. The molecule has 1 fully saturated rings. The van der Waals surface area contributed by atoms with Crippen molar-refractivity contribution in [2.75, 3.05) is 19.8 Å². The fourth-order valence-electron chi connectivity index (χ4n) is 2.54. The van der Waals surface area contributed by atoms with Gasteiger partial charge in [0.15, 0.2) is 0 Å². The summed E-state index contributed by atoms with van der Waals surface area (Å²) < 4.78 is 18.8. The van der Waals surface area contributed by atoms with Crippen molar-refractivity contribution < 1.29 is 19.3 Å². The van der Waals surface area contributed by atoms with E-state index in [0.717, 1.165) is 19.4 Å². The van der Waals surface area contributed by atoms with E-state index in [1.165, 1.54) is 12.1 Å². The van der Waals surface area contributed by atoms with E-state index in [0.29, 0.717) is 12.0 Å². The van der Waals surface area contributed by atoms with Crippen LogP contribution < -0.4 is 0 Å². The molecule has 1 aromatic carbocycles. The van der Waals surface area contributed by atoms with E-state index in [2.05, 4.69) is 0 Å². The van der Waals surface area contributed by atoms with Gasteiger partial charge in [-0.15, -0.1) is 0 Å². The van der Waals surface area contributed by atoms with Crippen LogP contribution in [0.25, 0.3) is 0 Å². The minimum atomic E-state index is -0.822. The molecular formula is C14H19FO3. The molecular weight excluding hydrogens is 235 g/mol. The van der Waals surface area contributed by atoms with Gasteiger partial charge >= 0.3 is 0 Å². The summed E-state index contributed by atoms with van der Waals surface area (Å²) in [5, 5.41) is 19.3. The van der Waals surface area contributed by atoms with E-state index in [4.69, 9.17) is 4.74 Å². The van der Waals surface area contributed by atoms with Gasteiger partial charge in [-0.1, -0.05) is 12.1 Å². The largest absolute Gasteiger partial charge is 0.395 e. The van der Waals surface area contributed by atoms with Crippen LogP contribution in [0.15, 0.2) is 24.3 Å². The molecule has 0 saturated carbocycles. The highest BCUT2D eigenvalue weighted by atomic mass is 19.1. The Morgan fingerprint density at radius 3 is 2.67 bits per heavy atom. The molecule has 1 aromatic rings. The molecule has 100 valence electrons. The van der Waals surface area contributed by atoms with Crippen molar-refractivity contribution in [3.63, 3.8) is 0 Å². The number of aliphatic hydroxyl groups is 2. The molecule has 0 amide bonds. The van der Waals surface area contributed by atoms with E-state index >= 15 is 0 Å². The highest BCUT2D eigenvalue weighted by Crippen LogP contribution is 2.33. The lowest BCUT2D eigenvalue weighted by Gasteiger charge is -2.32. The summed E-state index contributed by atoms with van der Waals surface area (Å²) in [7, 11) is 0. The first kappa shape index (κ1) is 13.5. The molecule has 0 radical (unpaired) electrons. The monoisotopic (exact) mass is 254 g/mol. The van der Waals surface area contributed by atoms with Crippen LogP contribution in [0, 0.1) is 5.82 Å². The first-order valence-electron chi connectivity index (χ1n) is 6.29. The van der Waals surface area contributed by atoms with Gasteiger partial charge in [-0.25, -0.2) is 4.39 Å². The molecule has 18 heavy (non-hydrogen) atoms. The smallest absolute Gasteiger partial charge is 0.123 e. The Morgan fingerprint density at radius 1 is 1.33 bits per heavy atom. The maximum atomic E-state index is 13.3. The molecule has 1 heterocycles. The molecule has 1 unspecified atom stereocenters. The summed E-state index contributed by atoms with van der Waals surface area (Å²) in [5.74, 6) is -0.355. The SMILES string of the molecule is OCC(CO)(CC1CCCO1)c1cccc(F)c1. The van der Waals surface area contributed by atoms with Crippen molar-refractivity contribution in [1.29, 1.82) is 0 Å². The average molecular weight is 254 g/mol. The fraction of sp³-hybridized carbons (Fsp3) is 0.571. The molecule has 4 heteroatoms. The topological polar surface area (TPSA) is 49.7 Å². The van der Waals surface area contributed by atoms with Crippen molar-refractivity contribution in [1.82, 2.24) is 0 Å². The molecule has 2 rings (SSSR count). The van der Waals surface area contributed by atoms with Gasteiger partial charge in [-0.05, 0) is 37.0 Å². The number of ether oxygens (including phenoxy) is 1. The summed E-state index contributed by atoms with van der Waals surface area (Å²) in [4.78, 5) is 0. The average Bonchev–Trinajstić information content (AvgIpc) is 2.89. The summed E-state index contributed by atoms with van der Waals surface area (Å²) in [5.41, 5.74) is -0.195. The number of benzene rings is 1. The fourth-order valence-corrected chi connectivity index (χ4v) is 2.54. The van der Waals surface area contributed by atoms with Crippen LogP contribution in [-0.2, 0) is 10.2 Å². The Hall–Kier alpha value is -0.970. The van der Waals surface area contributed by atoms with Gasteiger partial charge in [0, 0.05) is 12.0 Å². The van der Waals surface area contributed by atoms with Gasteiger partial charge in [-0.3, -0.25) is 0 Å². The van der Waals surface area contributed by atoms with Crippen molar-refractivity contribution in [3.05, 3.63) is 35.6 Å². The van der Waals surface area contributed by atoms with Gasteiger partial charge < -0.3 is 14.9 Å². The molecule has 1 atom stereocenters. The van der Waals surface area contributed by atoms with Gasteiger partial charge in [0.2, 0.25) is 0 Å². The maximum Gasteiger partial charge on any atom is 0.123 e. The number of aliphatic hydroxyl groups excluding tert-OH is 2. The number of hydrogen-bond donors (Lipinski definition) is 2. The van der Waals surface area contributed by atoms with E-state index in [-0.39, 0.29) is 25.1 Å². The van der Waals surface area contributed by atoms with Crippen LogP contribution in [-0.4, -0.2) is 36.1 Å². The van der Waals surface area contributed by atoms with Crippen LogP contribution in [0.3, 0.4) is 0 Å². The molecule has 0 bridgehead atoms. The molecule has 3 nitrogen and oxygen atoms in total. The number of halogens is 1. The van der Waals surface area contributed by atoms with Gasteiger partial charge in [-0.2, -0.15) is 0 Å². The van der Waals surface area contributed by atoms with Gasteiger partial charge in [0.25, 0.3) is 0 Å². The second kappa shape index (κ2) is 5.78. The lowest BCUT2D eigenvalue weighted by Crippen LogP contribution is -2.38. The second-order valence-corrected chi connectivity index (χ2v) is 4.95. The molecule has 1 aliphatic heterocycles. The van der Waals surface area contributed by atoms with Crippen molar-refractivity contribution in [2.45, 2.75) is 30.8 Å². The molecule has 0 aliphatic carbocycles. The lowest BCUT2D eigenvalue weighted by molar-refractivity contribution is 0.0388. The summed E-state index contributed by atoms with van der Waals surface area (Å²) in [6.45, 7) is 0.292. The highest BCUT2D eigenvalue weighted by molar-refractivity contribution is 5.27. The standard InChI is InChI=1S/C14H19FO3/c15-12-4-1-3-11(7-12)14(9-16,10-17)8-13-5-2-6-18-13/h1,3-4,7,13,16-17H,2,5-6,8-10H2. The van der Waals surface area contributed by atoms with Crippen LogP contribution in [0.4, 0.5) is 4.39 Å². The predicted molar refractivity (Wildman–Crippen MR) is 65.8 cm³/mol. The van der Waals surface area contributed by atoms with Crippen molar-refractivity contribution in [2.24, 2.45) is 0 Å². The zero-order valence-electron chi connectivity index (χ0n) is 10.3. The summed E-state index contributed by atoms with van der Waals surface area (Å²) in [6.07, 6.45) is 2.48. The Kier molecular flexibility index (Phi) is 4.32. The molecule has 0 spiro atoms. The first-order valence-corrected chi connectivity index (χ1v) is 6.29. The zero-order valence-corrected chi connectivity index (χ0v) is 10.3. The summed E-state index contributed by atoms with van der Waals surface area (Å²) >= 11 is 0. The second-order valence-electron chi connectivity index (χ2n) is 4.95. The minimum absolute atomic E-state index is 0.0348. The lowest BCUT2D eigenvalue weighted by atomic mass is 9.77. The highest BCUT2D eigenvalue weighted by Gasteiger charge is 2.35. The normalized spacial score (nSPS) is 20.3. The van der Waals surface area contributed by atoms with Crippen LogP contribution in [0.2, 0.25) is 0 Å². The van der Waals surface area contributed by atoms with Crippen LogP contribution >= 0.6 is 0 Å². The molecule has 1 aliphatic rings. The van der Waals surface area contributed by atoms with E-state index in [9.17, 15) is 14.6 Å². The van der Waals surface area contributed by atoms with Gasteiger partial charge in [0.05, 0.1) is 19.3 Å². The molecule has 2 N–H and O–H groups in total. The van der Waals surface area contributed by atoms with Crippen LogP contribution in [0.5, 0.6) is 0 Å². The third-order valence-corrected chi connectivity index (χ3v) is 3.68. The first-order chi connectivity index (χ1) is 8.70. The minimum Gasteiger partial charge on any atom is -0.395 e. The van der Waals surface area contributed by atoms with Crippen LogP contribution in [0.1, 0.15) is 24.8 Å². The van der Waals surface area contributed by atoms with Crippen molar-refractivity contribution >= 4 is 0 Å². The Bertz CT molecular complexity index is 384. The Morgan fingerprint density at radius 2 is 2.11 bits per heavy atom. The third-order valence-electron chi connectivity index (χ3n) is 3.68. The molecule has 1 saturated heterocycles. The number of rotatable bonds is 5. The third kappa shape index (κ3) is 2.71. The van der Waals surface area contributed by atoms with E-state index in [1.807, 2.05) is 0 Å². The maximum absolute atomic E-state index is 13.3. The van der Waals surface area contributed by atoms with E-state index < -0.39 is 5.41 Å². The summed E-state index contributed by atoms with van der Waals surface area (Å²) in [6, 6.07) is 6.07. The quantitative estimate of drug-likeness (QED) is 0.839. The van der Waals surface area contributed by atoms with Gasteiger partial charge in [0.1, 0.15) is 5.82 Å².